The number of nitrogens with two attached hydrogens (primary N) is 1. The van der Waals surface area contributed by atoms with Crippen LogP contribution in [0.2, 0.25) is 13.1 Å². The number of hydrogen-bond donors (Lipinski definition) is 1. The van der Waals surface area contributed by atoms with E-state index in [4.69, 9.17) is 5.73 Å². The summed E-state index contributed by atoms with van der Waals surface area (Å²) in [6, 6.07) is 0. The van der Waals surface area contributed by atoms with Crippen LogP contribution in [0, 0.1) is 0 Å². The Morgan fingerprint density at radius 1 is 1.36 bits per heavy atom. The first-order chi connectivity index (χ1) is 5.20. The average molecular weight is 260 g/mol. The van der Waals surface area contributed by atoms with Gasteiger partial charge in [-0.05, 0) is 0 Å². The molecular weight excluding hydrogens is 245 g/mol. The Labute approximate surface area is 83.9 Å². The molecule has 0 aromatic heterocycles. The number of hydrogen-bond acceptors (Lipinski definition) is 1. The topological polar surface area (TPSA) is 43.1 Å². The van der Waals surface area contributed by atoms with Gasteiger partial charge in [0.25, 0.3) is 0 Å². The van der Waals surface area contributed by atoms with Crippen LogP contribution in [-0.4, -0.2) is 5.91 Å². The van der Waals surface area contributed by atoms with Crippen LogP contribution in [0.25, 0.3) is 0 Å². The van der Waals surface area contributed by atoms with Crippen molar-refractivity contribution in [3.05, 3.63) is 0 Å². The zero-order valence-electron chi connectivity index (χ0n) is 7.60. The fourth-order valence-corrected chi connectivity index (χ4v) is 19.6. The monoisotopic (exact) mass is 257 g/mol. The number of carbonyl (C=O) groups is 1. The van der Waals surface area contributed by atoms with Gasteiger partial charge in [-0.25, -0.2) is 0 Å². The molecule has 2 nitrogen and oxygen atoms in total. The van der Waals surface area contributed by atoms with Gasteiger partial charge in [0.2, 0.25) is 0 Å². The molecule has 0 aromatic carbocycles. The Kier molecular flexibility index (Phi) is 7.85. The third kappa shape index (κ3) is 7.09. The standard InChI is InChI=1S/C3H5NO.2C2H5.2Zn/c1-2-3(4)5;2*1-2;;/h1H,2H2,(H2,4,5);2*1H2,2H3;;. The summed E-state index contributed by atoms with van der Waals surface area (Å²) in [4.78, 5) is 10.6. The first kappa shape index (κ1) is 11.7. The normalized spacial score (nSPS) is 9.00. The molecule has 0 aliphatic carbocycles. The second kappa shape index (κ2) is 7.37. The molecule has 0 saturated carbocycles. The second-order valence-electron chi connectivity index (χ2n) is 3.11. The van der Waals surface area contributed by atoms with E-state index in [9.17, 15) is 4.79 Å². The van der Waals surface area contributed by atoms with Crippen molar-refractivity contribution in [2.45, 2.75) is 33.4 Å². The molecular formula is C7H15NOZn2. The summed E-state index contributed by atoms with van der Waals surface area (Å²) in [5.74, 6) is -0.0619. The van der Waals surface area contributed by atoms with Crippen molar-refractivity contribution in [3.8, 4) is 0 Å². The van der Waals surface area contributed by atoms with Crippen molar-refractivity contribution in [1.82, 2.24) is 0 Å². The summed E-state index contributed by atoms with van der Waals surface area (Å²) >= 11 is -0.679. The predicted octanol–water partition coefficient (Wildman–Crippen LogP) is 1.65. The molecule has 11 heavy (non-hydrogen) atoms. The Morgan fingerprint density at radius 2 is 1.82 bits per heavy atom. The number of amides is 1. The van der Waals surface area contributed by atoms with E-state index in [1.54, 1.807) is 0 Å². The average Bonchev–Trinajstić information content (AvgIpc) is 1.87. The molecule has 1 amide bonds. The summed E-state index contributed by atoms with van der Waals surface area (Å²) in [5, 5.41) is 2.77. The van der Waals surface area contributed by atoms with Gasteiger partial charge in [-0.3, -0.25) is 0 Å². The molecule has 0 atom stereocenters. The number of primary amides is 1. The molecule has 0 aliphatic heterocycles. The molecule has 0 saturated heterocycles. The van der Waals surface area contributed by atoms with Crippen LogP contribution < -0.4 is 5.73 Å². The fraction of sp³-hybridized carbons (Fsp3) is 0.857. The van der Waals surface area contributed by atoms with Crippen molar-refractivity contribution in [1.29, 1.82) is 0 Å². The molecule has 0 unspecified atom stereocenters. The number of rotatable bonds is 6. The van der Waals surface area contributed by atoms with E-state index in [0.29, 0.717) is 0 Å². The predicted molar refractivity (Wildman–Crippen MR) is 38.5 cm³/mol. The first-order valence-corrected chi connectivity index (χ1v) is 12.1. The Bertz CT molecular complexity index is 113. The summed E-state index contributed by atoms with van der Waals surface area (Å²) in [6.45, 7) is 4.51. The molecule has 0 aromatic rings. The fourth-order valence-electron chi connectivity index (χ4n) is 1.45. The summed E-state index contributed by atoms with van der Waals surface area (Å²) in [5.41, 5.74) is 5.17. The van der Waals surface area contributed by atoms with Crippen molar-refractivity contribution in [2.75, 3.05) is 0 Å². The van der Waals surface area contributed by atoms with Crippen LogP contribution in [0.15, 0.2) is 0 Å². The van der Waals surface area contributed by atoms with Gasteiger partial charge >= 0.3 is 84.1 Å². The van der Waals surface area contributed by atoms with Gasteiger partial charge in [0.05, 0.1) is 0 Å². The minimum absolute atomic E-state index is 0.0619. The van der Waals surface area contributed by atoms with Crippen molar-refractivity contribution in [2.24, 2.45) is 5.73 Å². The molecule has 0 bridgehead atoms. The van der Waals surface area contributed by atoms with E-state index in [-0.39, 0.29) is 40.2 Å². The minimum atomic E-state index is -0.340. The zero-order chi connectivity index (χ0) is 8.69. The van der Waals surface area contributed by atoms with Gasteiger partial charge < -0.3 is 0 Å². The molecule has 4 heteroatoms. The second-order valence-corrected chi connectivity index (χ2v) is 19.7. The maximum absolute atomic E-state index is 10.6. The van der Waals surface area contributed by atoms with E-state index in [1.807, 2.05) is 0 Å². The van der Waals surface area contributed by atoms with Crippen molar-refractivity contribution >= 4 is 5.91 Å². The molecule has 0 radical (unpaired) electrons. The summed E-state index contributed by atoms with van der Waals surface area (Å²) in [7, 11) is 0. The SMILES string of the molecule is C[CH2][Zn][CH](CC(N)=O)[Zn][CH2]C. The van der Waals surface area contributed by atoms with E-state index in [2.05, 4.69) is 13.8 Å². The van der Waals surface area contributed by atoms with Crippen LogP contribution >= 0.6 is 0 Å². The van der Waals surface area contributed by atoms with Gasteiger partial charge in [0, 0.05) is 0 Å². The zero-order valence-corrected chi connectivity index (χ0v) is 13.5. The van der Waals surface area contributed by atoms with Crippen LogP contribution in [0.5, 0.6) is 0 Å². The molecule has 0 aliphatic rings. The molecule has 0 rings (SSSR count). The third-order valence-corrected chi connectivity index (χ3v) is 17.8. The number of carbonyl (C=O) groups excluding carboxylic acids is 1. The van der Waals surface area contributed by atoms with Crippen molar-refractivity contribution < 1.29 is 39.0 Å². The van der Waals surface area contributed by atoms with Gasteiger partial charge in [-0.15, -0.1) is 0 Å². The first-order valence-electron chi connectivity index (χ1n) is 4.49. The van der Waals surface area contributed by atoms with E-state index in [0.717, 1.165) is 9.53 Å². The molecule has 2 N–H and O–H groups in total. The van der Waals surface area contributed by atoms with Gasteiger partial charge in [-0.2, -0.15) is 0 Å². The molecule has 58 valence electrons. The third-order valence-electron chi connectivity index (χ3n) is 1.88. The molecule has 0 spiro atoms. The quantitative estimate of drug-likeness (QED) is 0.725. The van der Waals surface area contributed by atoms with E-state index < -0.39 is 0 Å². The van der Waals surface area contributed by atoms with Gasteiger partial charge in [0.15, 0.2) is 0 Å². The Hall–Kier alpha value is 0.717. The van der Waals surface area contributed by atoms with Crippen LogP contribution in [0.1, 0.15) is 20.3 Å². The van der Waals surface area contributed by atoms with E-state index >= 15 is 0 Å². The maximum atomic E-state index is 10.6. The summed E-state index contributed by atoms with van der Waals surface area (Å²) in [6.07, 6.45) is 0.738. The molecule has 0 heterocycles. The molecule has 0 fully saturated rings. The van der Waals surface area contributed by atoms with Gasteiger partial charge in [0.1, 0.15) is 0 Å². The Morgan fingerprint density at radius 3 is 2.09 bits per heavy atom. The van der Waals surface area contributed by atoms with E-state index in [1.165, 1.54) is 10.0 Å². The van der Waals surface area contributed by atoms with Crippen LogP contribution in [0.3, 0.4) is 0 Å². The summed E-state index contributed by atoms with van der Waals surface area (Å²) < 4.78 is 0.905. The van der Waals surface area contributed by atoms with Crippen LogP contribution in [0.4, 0.5) is 0 Å². The van der Waals surface area contributed by atoms with Crippen LogP contribution in [-0.2, 0) is 39.0 Å². The van der Waals surface area contributed by atoms with Crippen molar-refractivity contribution in [3.63, 3.8) is 0 Å². The van der Waals surface area contributed by atoms with Gasteiger partial charge in [-0.1, -0.05) is 0 Å². The Balaban J connectivity index is 3.59.